The molecule has 8 heteroatoms. The molecule has 3 aromatic carbocycles. The highest BCUT2D eigenvalue weighted by molar-refractivity contribution is 9.10. The Kier molecular flexibility index (Phi) is 7.42. The van der Waals surface area contributed by atoms with Crippen LogP contribution >= 0.6 is 31.9 Å². The molecule has 0 fully saturated rings. The quantitative estimate of drug-likeness (QED) is 0.232. The predicted molar refractivity (Wildman–Crippen MR) is 147 cm³/mol. The molecule has 0 aliphatic rings. The Labute approximate surface area is 220 Å². The smallest absolute Gasteiger partial charge is 0.282 e. The van der Waals surface area contributed by atoms with E-state index in [1.807, 2.05) is 75.4 Å². The summed E-state index contributed by atoms with van der Waals surface area (Å²) >= 11 is 7.02. The van der Waals surface area contributed by atoms with Gasteiger partial charge in [-0.1, -0.05) is 67.0 Å². The van der Waals surface area contributed by atoms with Crippen LogP contribution in [0.15, 0.2) is 79.5 Å². The minimum Gasteiger partial charge on any atom is -0.493 e. The first-order valence-electron chi connectivity index (χ1n) is 11.0. The van der Waals surface area contributed by atoms with Gasteiger partial charge >= 0.3 is 0 Å². The molecule has 180 valence electrons. The third-order valence-corrected chi connectivity index (χ3v) is 6.36. The average molecular weight is 599 g/mol. The van der Waals surface area contributed by atoms with E-state index in [4.69, 9.17) is 14.5 Å². The van der Waals surface area contributed by atoms with E-state index in [9.17, 15) is 4.79 Å². The molecule has 0 aliphatic heterocycles. The number of ether oxygens (including phenoxy) is 2. The molecular weight excluding hydrogens is 574 g/mol. The fourth-order valence-electron chi connectivity index (χ4n) is 3.55. The number of benzene rings is 3. The van der Waals surface area contributed by atoms with Crippen LogP contribution in [0, 0.1) is 0 Å². The van der Waals surface area contributed by atoms with Crippen LogP contribution in [-0.2, 0) is 12.0 Å². The lowest BCUT2D eigenvalue weighted by molar-refractivity contribution is 0.282. The van der Waals surface area contributed by atoms with Crippen LogP contribution in [0.1, 0.15) is 37.7 Å². The average Bonchev–Trinajstić information content (AvgIpc) is 2.82. The number of nitrogens with zero attached hydrogens (tertiary/aromatic N) is 3. The van der Waals surface area contributed by atoms with Crippen molar-refractivity contribution in [1.29, 1.82) is 0 Å². The topological polar surface area (TPSA) is 65.7 Å². The van der Waals surface area contributed by atoms with Crippen molar-refractivity contribution in [2.75, 3.05) is 7.11 Å². The molecule has 0 saturated carbocycles. The van der Waals surface area contributed by atoms with Crippen molar-refractivity contribution < 1.29 is 9.47 Å². The van der Waals surface area contributed by atoms with E-state index in [0.717, 1.165) is 20.1 Å². The van der Waals surface area contributed by atoms with Crippen molar-refractivity contribution in [3.8, 4) is 11.5 Å². The van der Waals surface area contributed by atoms with E-state index in [1.54, 1.807) is 19.4 Å². The van der Waals surface area contributed by atoms with Gasteiger partial charge in [0.1, 0.15) is 12.4 Å². The van der Waals surface area contributed by atoms with Gasteiger partial charge in [-0.15, -0.1) is 0 Å². The number of fused-ring (bicyclic) bond motifs is 1. The lowest BCUT2D eigenvalue weighted by atomic mass is 9.95. The molecule has 4 aromatic rings. The molecule has 1 aromatic heterocycles. The van der Waals surface area contributed by atoms with Gasteiger partial charge in [0, 0.05) is 9.89 Å². The Hall–Kier alpha value is -2.97. The van der Waals surface area contributed by atoms with Crippen LogP contribution < -0.4 is 15.0 Å². The van der Waals surface area contributed by atoms with Gasteiger partial charge in [0.05, 0.1) is 28.7 Å². The molecule has 0 atom stereocenters. The summed E-state index contributed by atoms with van der Waals surface area (Å²) < 4.78 is 14.5. The first-order valence-corrected chi connectivity index (χ1v) is 12.6. The Morgan fingerprint density at radius 3 is 2.49 bits per heavy atom. The predicted octanol–water partition coefficient (Wildman–Crippen LogP) is 6.69. The van der Waals surface area contributed by atoms with Crippen LogP contribution in [0.4, 0.5) is 0 Å². The molecule has 0 unspecified atom stereocenters. The van der Waals surface area contributed by atoms with Crippen molar-refractivity contribution in [1.82, 2.24) is 9.66 Å². The summed E-state index contributed by atoms with van der Waals surface area (Å²) in [5.41, 5.74) is 1.80. The second-order valence-electron chi connectivity index (χ2n) is 9.02. The number of halogens is 2. The standard InChI is InChI=1S/C27H25Br2N3O3/c1-27(2,3)26-31-22-11-10-19(28)14-20(22)25(33)32(26)30-15-18-12-21(29)24(23(13-18)34-4)35-16-17-8-6-5-7-9-17/h5-15H,16H2,1-4H3. The summed E-state index contributed by atoms with van der Waals surface area (Å²) in [5.74, 6) is 1.72. The third kappa shape index (κ3) is 5.65. The molecule has 0 saturated heterocycles. The van der Waals surface area contributed by atoms with E-state index in [2.05, 4.69) is 37.0 Å². The summed E-state index contributed by atoms with van der Waals surface area (Å²) in [4.78, 5) is 18.1. The first-order chi connectivity index (χ1) is 16.7. The second kappa shape index (κ2) is 10.3. The lowest BCUT2D eigenvalue weighted by Gasteiger charge is -2.21. The number of hydrogen-bond donors (Lipinski definition) is 0. The second-order valence-corrected chi connectivity index (χ2v) is 10.8. The Morgan fingerprint density at radius 2 is 1.80 bits per heavy atom. The van der Waals surface area contributed by atoms with E-state index >= 15 is 0 Å². The van der Waals surface area contributed by atoms with Gasteiger partial charge in [0.15, 0.2) is 11.5 Å². The molecule has 0 radical (unpaired) electrons. The van der Waals surface area contributed by atoms with Gasteiger partial charge in [0.25, 0.3) is 5.56 Å². The highest BCUT2D eigenvalue weighted by Gasteiger charge is 2.23. The number of methoxy groups -OCH3 is 1. The number of rotatable bonds is 6. The number of hydrogen-bond acceptors (Lipinski definition) is 5. The Morgan fingerprint density at radius 1 is 1.06 bits per heavy atom. The van der Waals surface area contributed by atoms with E-state index in [1.165, 1.54) is 4.68 Å². The molecule has 1 heterocycles. The molecule has 0 spiro atoms. The molecule has 0 bridgehead atoms. The summed E-state index contributed by atoms with van der Waals surface area (Å²) in [5, 5.41) is 5.04. The maximum atomic E-state index is 13.4. The summed E-state index contributed by atoms with van der Waals surface area (Å²) in [6.07, 6.45) is 1.62. The minimum absolute atomic E-state index is 0.230. The highest BCUT2D eigenvalue weighted by Crippen LogP contribution is 2.37. The SMILES string of the molecule is COc1cc(C=Nn2c(C(C)(C)C)nc3ccc(Br)cc3c2=O)cc(Br)c1OCc1ccccc1. The van der Waals surface area contributed by atoms with Crippen molar-refractivity contribution in [3.05, 3.63) is 96.9 Å². The number of aromatic nitrogens is 2. The van der Waals surface area contributed by atoms with Gasteiger partial charge in [-0.25, -0.2) is 4.98 Å². The van der Waals surface area contributed by atoms with E-state index in [0.29, 0.717) is 34.8 Å². The van der Waals surface area contributed by atoms with Gasteiger partial charge in [-0.3, -0.25) is 4.79 Å². The molecule has 0 amide bonds. The fraction of sp³-hybridized carbons (Fsp3) is 0.222. The molecule has 6 nitrogen and oxygen atoms in total. The van der Waals surface area contributed by atoms with E-state index < -0.39 is 5.41 Å². The first kappa shape index (κ1) is 25.1. The molecule has 0 N–H and O–H groups in total. The Balaban J connectivity index is 1.73. The zero-order valence-electron chi connectivity index (χ0n) is 19.9. The minimum atomic E-state index is -0.398. The van der Waals surface area contributed by atoms with Crippen LogP contribution in [0.3, 0.4) is 0 Å². The summed E-state index contributed by atoms with van der Waals surface area (Å²) in [6, 6.07) is 19.1. The molecule has 0 aliphatic carbocycles. The van der Waals surface area contributed by atoms with Gasteiger partial charge in [0.2, 0.25) is 0 Å². The summed E-state index contributed by atoms with van der Waals surface area (Å²) in [7, 11) is 1.59. The monoisotopic (exact) mass is 597 g/mol. The van der Waals surface area contributed by atoms with Crippen molar-refractivity contribution in [2.45, 2.75) is 32.8 Å². The van der Waals surface area contributed by atoms with Crippen LogP contribution in [0.5, 0.6) is 11.5 Å². The molecule has 35 heavy (non-hydrogen) atoms. The van der Waals surface area contributed by atoms with E-state index in [-0.39, 0.29) is 5.56 Å². The maximum Gasteiger partial charge on any atom is 0.282 e. The molecular formula is C27H25Br2N3O3. The van der Waals surface area contributed by atoms with Gasteiger partial charge in [-0.2, -0.15) is 9.78 Å². The van der Waals surface area contributed by atoms with Crippen molar-refractivity contribution in [2.24, 2.45) is 5.10 Å². The van der Waals surface area contributed by atoms with Crippen LogP contribution in [-0.4, -0.2) is 23.0 Å². The zero-order valence-corrected chi connectivity index (χ0v) is 23.1. The maximum absolute atomic E-state index is 13.4. The van der Waals surface area contributed by atoms with Crippen LogP contribution in [0.25, 0.3) is 10.9 Å². The zero-order chi connectivity index (χ0) is 25.2. The van der Waals surface area contributed by atoms with Gasteiger partial charge in [-0.05, 0) is 57.4 Å². The largest absolute Gasteiger partial charge is 0.493 e. The highest BCUT2D eigenvalue weighted by atomic mass is 79.9. The van der Waals surface area contributed by atoms with Gasteiger partial charge < -0.3 is 9.47 Å². The van der Waals surface area contributed by atoms with Crippen molar-refractivity contribution in [3.63, 3.8) is 0 Å². The third-order valence-electron chi connectivity index (χ3n) is 5.28. The Bertz CT molecular complexity index is 1460. The molecule has 4 rings (SSSR count). The normalized spacial score (nSPS) is 11.8. The van der Waals surface area contributed by atoms with Crippen molar-refractivity contribution >= 4 is 49.0 Å². The summed E-state index contributed by atoms with van der Waals surface area (Å²) in [6.45, 7) is 6.42. The fourth-order valence-corrected chi connectivity index (χ4v) is 4.49. The lowest BCUT2D eigenvalue weighted by Crippen LogP contribution is -2.29. The van der Waals surface area contributed by atoms with Crippen LogP contribution in [0.2, 0.25) is 0 Å².